The summed E-state index contributed by atoms with van der Waals surface area (Å²) >= 11 is 0. The van der Waals surface area contributed by atoms with Crippen molar-refractivity contribution in [2.45, 2.75) is 24.9 Å². The number of amides is 2. The van der Waals surface area contributed by atoms with Crippen LogP contribution in [0.5, 0.6) is 17.2 Å². The van der Waals surface area contributed by atoms with Crippen LogP contribution in [-0.2, 0) is 22.4 Å². The van der Waals surface area contributed by atoms with Crippen molar-refractivity contribution in [1.29, 1.82) is 0 Å². The maximum atomic E-state index is 13.9. The molecule has 2 atom stereocenters. The molecule has 0 bridgehead atoms. The largest absolute Gasteiger partial charge is 0.493 e. The lowest BCUT2D eigenvalue weighted by atomic mass is 9.95. The molecule has 0 N–H and O–H groups in total. The topological polar surface area (TPSA) is 68.3 Å². The van der Waals surface area contributed by atoms with Crippen molar-refractivity contribution in [3.05, 3.63) is 138 Å². The summed E-state index contributed by atoms with van der Waals surface area (Å²) in [6.45, 7) is 0.895. The molecule has 0 radical (unpaired) electrons. The van der Waals surface area contributed by atoms with E-state index < -0.39 is 0 Å². The number of nitrogens with zero attached hydrogens (tertiary/aromatic N) is 2. The van der Waals surface area contributed by atoms with Gasteiger partial charge in [0, 0.05) is 25.2 Å². The zero-order chi connectivity index (χ0) is 31.0. The summed E-state index contributed by atoms with van der Waals surface area (Å²) in [5.74, 6) is 1.59. The highest BCUT2D eigenvalue weighted by molar-refractivity contribution is 5.94. The van der Waals surface area contributed by atoms with E-state index in [4.69, 9.17) is 14.2 Å². The second-order valence-corrected chi connectivity index (χ2v) is 11.2. The van der Waals surface area contributed by atoms with Crippen LogP contribution in [-0.4, -0.2) is 60.7 Å². The lowest BCUT2D eigenvalue weighted by Crippen LogP contribution is -2.62. The van der Waals surface area contributed by atoms with Crippen LogP contribution in [0.1, 0.15) is 22.3 Å². The molecule has 2 amide bonds. The molecule has 45 heavy (non-hydrogen) atoms. The van der Waals surface area contributed by atoms with Gasteiger partial charge in [-0.25, -0.2) is 0 Å². The summed E-state index contributed by atoms with van der Waals surface area (Å²) in [4.78, 5) is 31.6. The van der Waals surface area contributed by atoms with Crippen molar-refractivity contribution in [2.24, 2.45) is 0 Å². The normalized spacial score (nSPS) is 17.6. The molecule has 6 rings (SSSR count). The van der Waals surface area contributed by atoms with E-state index in [0.717, 1.165) is 22.3 Å². The van der Waals surface area contributed by atoms with Crippen molar-refractivity contribution in [3.8, 4) is 17.2 Å². The molecule has 0 aliphatic carbocycles. The zero-order valence-electron chi connectivity index (χ0n) is 25.3. The highest BCUT2D eigenvalue weighted by Crippen LogP contribution is 2.42. The zero-order valence-corrected chi connectivity index (χ0v) is 25.3. The van der Waals surface area contributed by atoms with E-state index in [2.05, 4.69) is 12.1 Å². The van der Waals surface area contributed by atoms with Crippen LogP contribution < -0.4 is 14.2 Å². The van der Waals surface area contributed by atoms with E-state index in [1.165, 1.54) is 0 Å². The molecule has 7 nitrogen and oxygen atoms in total. The van der Waals surface area contributed by atoms with E-state index in [1.807, 2.05) is 113 Å². The molecule has 1 saturated heterocycles. The summed E-state index contributed by atoms with van der Waals surface area (Å²) in [5, 5.41) is 0. The number of hydrogen-bond donors (Lipinski definition) is 0. The minimum absolute atomic E-state index is 0.0834. The molecule has 7 heteroatoms. The first-order chi connectivity index (χ1) is 22.1. The molecule has 2 aliphatic heterocycles. The molecule has 0 spiro atoms. The average molecular weight is 601 g/mol. The Bertz CT molecular complexity index is 1670. The fourth-order valence-electron chi connectivity index (χ4n) is 5.95. The van der Waals surface area contributed by atoms with Gasteiger partial charge in [-0.05, 0) is 59.4 Å². The van der Waals surface area contributed by atoms with Crippen LogP contribution in [0.2, 0.25) is 0 Å². The van der Waals surface area contributed by atoms with Crippen molar-refractivity contribution < 1.29 is 23.8 Å². The first-order valence-electron chi connectivity index (χ1n) is 15.2. The molecular weight excluding hydrogens is 564 g/mol. The number of piperazine rings is 1. The van der Waals surface area contributed by atoms with Crippen LogP contribution in [0.3, 0.4) is 0 Å². The highest BCUT2D eigenvalue weighted by Gasteiger charge is 2.38. The van der Waals surface area contributed by atoms with Gasteiger partial charge < -0.3 is 24.0 Å². The average Bonchev–Trinajstić information content (AvgIpc) is 3.56. The van der Waals surface area contributed by atoms with Gasteiger partial charge in [-0.3, -0.25) is 9.59 Å². The highest BCUT2D eigenvalue weighted by atomic mass is 16.7. The van der Waals surface area contributed by atoms with Crippen molar-refractivity contribution in [3.63, 3.8) is 0 Å². The number of fused-ring (bicyclic) bond motifs is 1. The minimum Gasteiger partial charge on any atom is -0.493 e. The lowest BCUT2D eigenvalue weighted by Gasteiger charge is -2.46. The number of methoxy groups -OCH3 is 1. The Morgan fingerprint density at radius 3 is 1.76 bits per heavy atom. The number of hydrogen-bond acceptors (Lipinski definition) is 5. The van der Waals surface area contributed by atoms with Gasteiger partial charge in [-0.2, -0.15) is 0 Å². The summed E-state index contributed by atoms with van der Waals surface area (Å²) < 4.78 is 16.9. The van der Waals surface area contributed by atoms with Crippen molar-refractivity contribution >= 4 is 24.0 Å². The van der Waals surface area contributed by atoms with Crippen LogP contribution >= 0.6 is 0 Å². The monoisotopic (exact) mass is 600 g/mol. The van der Waals surface area contributed by atoms with E-state index >= 15 is 0 Å². The molecule has 0 aromatic heterocycles. The van der Waals surface area contributed by atoms with Gasteiger partial charge in [0.15, 0.2) is 11.5 Å². The predicted octanol–water partition coefficient (Wildman–Crippen LogP) is 6.04. The molecule has 0 unspecified atom stereocenters. The third-order valence-corrected chi connectivity index (χ3v) is 8.20. The van der Waals surface area contributed by atoms with Gasteiger partial charge in [0.25, 0.3) is 0 Å². The number of ether oxygens (including phenoxy) is 3. The molecule has 4 aromatic rings. The molecule has 2 aliphatic rings. The minimum atomic E-state index is -0.288. The van der Waals surface area contributed by atoms with E-state index in [0.29, 0.717) is 43.2 Å². The van der Waals surface area contributed by atoms with Gasteiger partial charge in [0.1, 0.15) is 0 Å². The van der Waals surface area contributed by atoms with Gasteiger partial charge >= 0.3 is 0 Å². The SMILES string of the molecule is COc1cc(C[C@H]2CN(C(=O)/C=C/c3ccccc3)[C@@H](Cc3ccccc3)CN2C(=O)/C=C/c2ccccc2)cc2c1OCO2. The molecule has 4 aromatic carbocycles. The smallest absolute Gasteiger partial charge is 0.246 e. The summed E-state index contributed by atoms with van der Waals surface area (Å²) in [5.41, 5.74) is 3.94. The van der Waals surface area contributed by atoms with Crippen LogP contribution in [0, 0.1) is 0 Å². The molecular formula is C38H36N2O5. The fourth-order valence-corrected chi connectivity index (χ4v) is 5.95. The number of rotatable bonds is 9. The Hall–Kier alpha value is -5.30. The van der Waals surface area contributed by atoms with E-state index in [9.17, 15) is 9.59 Å². The maximum Gasteiger partial charge on any atom is 0.246 e. The molecule has 228 valence electrons. The third kappa shape index (κ3) is 7.27. The van der Waals surface area contributed by atoms with Crippen LogP contribution in [0.15, 0.2) is 115 Å². The van der Waals surface area contributed by atoms with E-state index in [1.54, 1.807) is 19.3 Å². The molecule has 1 fully saturated rings. The van der Waals surface area contributed by atoms with Crippen LogP contribution in [0.25, 0.3) is 12.2 Å². The standard InChI is InChI=1S/C38H36N2O5/c1-43-34-23-31(24-35-38(34)45-27-44-35)22-33-26-39(36(41)19-17-28-11-5-2-6-12-28)32(21-30-15-9-4-10-16-30)25-40(33)37(42)20-18-29-13-7-3-8-14-29/h2-20,23-24,32-33H,21-22,25-27H2,1H3/b19-17+,20-18+/t32-,33-/m0/s1. The Labute approximate surface area is 264 Å². The Balaban J connectivity index is 1.33. The first-order valence-corrected chi connectivity index (χ1v) is 15.2. The fraction of sp³-hybridized carbons (Fsp3) is 0.211. The molecule has 2 heterocycles. The lowest BCUT2D eigenvalue weighted by molar-refractivity contribution is -0.141. The Morgan fingerprint density at radius 2 is 1.22 bits per heavy atom. The Kier molecular flexibility index (Phi) is 9.25. The van der Waals surface area contributed by atoms with Gasteiger partial charge in [-0.15, -0.1) is 0 Å². The number of benzene rings is 4. The second-order valence-electron chi connectivity index (χ2n) is 11.2. The number of carbonyl (C=O) groups is 2. The molecule has 0 saturated carbocycles. The maximum absolute atomic E-state index is 13.9. The van der Waals surface area contributed by atoms with Gasteiger partial charge in [-0.1, -0.05) is 91.0 Å². The van der Waals surface area contributed by atoms with E-state index in [-0.39, 0.29) is 30.7 Å². The third-order valence-electron chi connectivity index (χ3n) is 8.20. The van der Waals surface area contributed by atoms with Crippen molar-refractivity contribution in [1.82, 2.24) is 9.80 Å². The number of carbonyl (C=O) groups excluding carboxylic acids is 2. The van der Waals surface area contributed by atoms with Crippen LogP contribution in [0.4, 0.5) is 0 Å². The predicted molar refractivity (Wildman–Crippen MR) is 175 cm³/mol. The summed E-state index contributed by atoms with van der Waals surface area (Å²) in [7, 11) is 1.60. The van der Waals surface area contributed by atoms with Crippen molar-refractivity contribution in [2.75, 3.05) is 27.0 Å². The van der Waals surface area contributed by atoms with Gasteiger partial charge in [0.05, 0.1) is 19.2 Å². The second kappa shape index (κ2) is 14.0. The Morgan fingerprint density at radius 1 is 0.711 bits per heavy atom. The summed E-state index contributed by atoms with van der Waals surface area (Å²) in [6, 6.07) is 33.0. The first kappa shape index (κ1) is 29.8. The van der Waals surface area contributed by atoms with Gasteiger partial charge in [0.2, 0.25) is 24.4 Å². The quantitative estimate of drug-likeness (QED) is 0.219. The summed E-state index contributed by atoms with van der Waals surface area (Å²) in [6.07, 6.45) is 8.09.